The van der Waals surface area contributed by atoms with Gasteiger partial charge in [-0.1, -0.05) is 39.0 Å². The molecule has 1 atom stereocenters. The lowest BCUT2D eigenvalue weighted by Gasteiger charge is -2.15. The molecule has 1 amide bonds. The first-order valence-electron chi connectivity index (χ1n) is 8.32. The van der Waals surface area contributed by atoms with Crippen LogP contribution in [0.5, 0.6) is 0 Å². The molecule has 0 aliphatic rings. The molecule has 2 rings (SSSR count). The van der Waals surface area contributed by atoms with Gasteiger partial charge in [0.1, 0.15) is 0 Å². The molecule has 5 heteroatoms. The normalized spacial score (nSPS) is 12.2. The first kappa shape index (κ1) is 17.9. The summed E-state index contributed by atoms with van der Waals surface area (Å²) in [5, 5.41) is 3.46. The fraction of sp³-hybridized carbons (Fsp3) is 0.421. The fourth-order valence-electron chi connectivity index (χ4n) is 2.33. The number of carbonyl (C=O) groups excluding carboxylic acids is 2. The molecule has 2 aromatic rings. The first-order chi connectivity index (χ1) is 11.4. The standard InChI is InChI=1S/C19H24N2O3/c1-5-10-20-18(22)13(4)24-19(23)15-11-17(12(2)3)21-16-9-7-6-8-14(15)16/h6-9,11-13H,5,10H2,1-4H3,(H,20,22)/t13-/m0/s1. The molecule has 128 valence electrons. The van der Waals surface area contributed by atoms with Crippen molar-refractivity contribution >= 4 is 22.8 Å². The molecule has 0 unspecified atom stereocenters. The number of carbonyl (C=O) groups is 2. The number of nitrogens with zero attached hydrogens (tertiary/aromatic N) is 1. The average molecular weight is 328 g/mol. The molecule has 0 radical (unpaired) electrons. The second kappa shape index (κ2) is 7.90. The lowest BCUT2D eigenvalue weighted by Crippen LogP contribution is -2.36. The van der Waals surface area contributed by atoms with Crippen molar-refractivity contribution in [2.24, 2.45) is 0 Å². The lowest BCUT2D eigenvalue weighted by atomic mass is 10.0. The van der Waals surface area contributed by atoms with Gasteiger partial charge in [-0.05, 0) is 31.4 Å². The van der Waals surface area contributed by atoms with Crippen LogP contribution in [0.2, 0.25) is 0 Å². The van der Waals surface area contributed by atoms with Gasteiger partial charge < -0.3 is 10.1 Å². The van der Waals surface area contributed by atoms with Crippen LogP contribution in [0, 0.1) is 0 Å². The lowest BCUT2D eigenvalue weighted by molar-refractivity contribution is -0.129. The van der Waals surface area contributed by atoms with E-state index in [1.54, 1.807) is 13.0 Å². The van der Waals surface area contributed by atoms with E-state index < -0.39 is 12.1 Å². The molecule has 1 heterocycles. The number of pyridine rings is 1. The summed E-state index contributed by atoms with van der Waals surface area (Å²) < 4.78 is 5.36. The minimum absolute atomic E-state index is 0.187. The number of fused-ring (bicyclic) bond motifs is 1. The van der Waals surface area contributed by atoms with Crippen LogP contribution in [-0.4, -0.2) is 29.5 Å². The van der Waals surface area contributed by atoms with Crippen molar-refractivity contribution in [3.05, 3.63) is 41.6 Å². The van der Waals surface area contributed by atoms with Gasteiger partial charge in [0.05, 0.1) is 11.1 Å². The maximum Gasteiger partial charge on any atom is 0.339 e. The van der Waals surface area contributed by atoms with Crippen LogP contribution in [0.15, 0.2) is 30.3 Å². The number of para-hydroxylation sites is 1. The quantitative estimate of drug-likeness (QED) is 0.825. The molecular formula is C19H24N2O3. The van der Waals surface area contributed by atoms with Crippen molar-refractivity contribution in [1.82, 2.24) is 10.3 Å². The third kappa shape index (κ3) is 4.10. The van der Waals surface area contributed by atoms with Crippen LogP contribution in [0.3, 0.4) is 0 Å². The minimum atomic E-state index is -0.835. The molecule has 0 fully saturated rings. The van der Waals surface area contributed by atoms with Gasteiger partial charge in [-0.15, -0.1) is 0 Å². The second-order valence-corrected chi connectivity index (χ2v) is 6.11. The Hall–Kier alpha value is -2.43. The van der Waals surface area contributed by atoms with Gasteiger partial charge in [0.2, 0.25) is 0 Å². The molecule has 5 nitrogen and oxygen atoms in total. The molecule has 24 heavy (non-hydrogen) atoms. The van der Waals surface area contributed by atoms with Crippen molar-refractivity contribution in [3.8, 4) is 0 Å². The van der Waals surface area contributed by atoms with E-state index in [0.717, 1.165) is 23.0 Å². The number of ether oxygens (including phenoxy) is 1. The summed E-state index contributed by atoms with van der Waals surface area (Å²) in [4.78, 5) is 29.1. The Labute approximate surface area is 142 Å². The third-order valence-corrected chi connectivity index (χ3v) is 3.75. The third-order valence-electron chi connectivity index (χ3n) is 3.75. The highest BCUT2D eigenvalue weighted by Crippen LogP contribution is 2.23. The van der Waals surface area contributed by atoms with E-state index in [0.29, 0.717) is 12.1 Å². The van der Waals surface area contributed by atoms with Crippen LogP contribution in [0.4, 0.5) is 0 Å². The van der Waals surface area contributed by atoms with E-state index in [1.165, 1.54) is 0 Å². The largest absolute Gasteiger partial charge is 0.449 e. The van der Waals surface area contributed by atoms with Crippen LogP contribution >= 0.6 is 0 Å². The first-order valence-corrected chi connectivity index (χ1v) is 8.32. The van der Waals surface area contributed by atoms with E-state index in [4.69, 9.17) is 4.74 Å². The predicted octanol–water partition coefficient (Wildman–Crippen LogP) is 3.43. The zero-order chi connectivity index (χ0) is 17.7. The van der Waals surface area contributed by atoms with E-state index in [-0.39, 0.29) is 11.8 Å². The molecule has 1 N–H and O–H groups in total. The maximum atomic E-state index is 12.6. The number of aromatic nitrogens is 1. The van der Waals surface area contributed by atoms with Crippen LogP contribution in [-0.2, 0) is 9.53 Å². The molecule has 0 aliphatic heterocycles. The summed E-state index contributed by atoms with van der Waals surface area (Å²) in [6.07, 6.45) is -0.00226. The summed E-state index contributed by atoms with van der Waals surface area (Å²) in [5.74, 6) is -0.603. The van der Waals surface area contributed by atoms with Crippen molar-refractivity contribution in [1.29, 1.82) is 0 Å². The number of nitrogens with one attached hydrogen (secondary N) is 1. The molecule has 0 saturated carbocycles. The Morgan fingerprint density at radius 3 is 2.58 bits per heavy atom. The maximum absolute atomic E-state index is 12.6. The summed E-state index contributed by atoms with van der Waals surface area (Å²) in [5.41, 5.74) is 2.02. The van der Waals surface area contributed by atoms with Gasteiger partial charge in [0.25, 0.3) is 5.91 Å². The zero-order valence-corrected chi connectivity index (χ0v) is 14.6. The second-order valence-electron chi connectivity index (χ2n) is 6.11. The molecule has 0 saturated heterocycles. The Kier molecular flexibility index (Phi) is 5.90. The molecular weight excluding hydrogens is 304 g/mol. The number of esters is 1. The summed E-state index contributed by atoms with van der Waals surface area (Å²) in [6.45, 7) is 8.15. The Morgan fingerprint density at radius 2 is 1.92 bits per heavy atom. The molecule has 0 aliphatic carbocycles. The summed E-state index contributed by atoms with van der Waals surface area (Å²) >= 11 is 0. The van der Waals surface area contributed by atoms with Crippen molar-refractivity contribution < 1.29 is 14.3 Å². The predicted molar refractivity (Wildman–Crippen MR) is 94.0 cm³/mol. The van der Waals surface area contributed by atoms with Crippen molar-refractivity contribution in [2.45, 2.75) is 46.1 Å². The number of amides is 1. The summed E-state index contributed by atoms with van der Waals surface area (Å²) in [7, 11) is 0. The van der Waals surface area contributed by atoms with Gasteiger partial charge >= 0.3 is 5.97 Å². The molecule has 1 aromatic heterocycles. The highest BCUT2D eigenvalue weighted by atomic mass is 16.5. The summed E-state index contributed by atoms with van der Waals surface area (Å²) in [6, 6.07) is 9.20. The van der Waals surface area contributed by atoms with Gasteiger partial charge in [-0.25, -0.2) is 4.79 Å². The van der Waals surface area contributed by atoms with E-state index in [1.807, 2.05) is 45.0 Å². The smallest absolute Gasteiger partial charge is 0.339 e. The number of rotatable bonds is 6. The number of hydrogen-bond donors (Lipinski definition) is 1. The molecule has 1 aromatic carbocycles. The fourth-order valence-corrected chi connectivity index (χ4v) is 2.33. The van der Waals surface area contributed by atoms with Gasteiger partial charge in [-0.3, -0.25) is 9.78 Å². The van der Waals surface area contributed by atoms with Crippen LogP contribution < -0.4 is 5.32 Å². The SMILES string of the molecule is CCCNC(=O)[C@H](C)OC(=O)c1cc(C(C)C)nc2ccccc12. The van der Waals surface area contributed by atoms with Crippen LogP contribution in [0.25, 0.3) is 10.9 Å². The number of benzene rings is 1. The van der Waals surface area contributed by atoms with Gasteiger partial charge in [0, 0.05) is 17.6 Å². The van der Waals surface area contributed by atoms with Crippen molar-refractivity contribution in [3.63, 3.8) is 0 Å². The van der Waals surface area contributed by atoms with Crippen molar-refractivity contribution in [2.75, 3.05) is 6.54 Å². The number of hydrogen-bond acceptors (Lipinski definition) is 4. The Bertz CT molecular complexity index is 740. The van der Waals surface area contributed by atoms with E-state index in [9.17, 15) is 9.59 Å². The monoisotopic (exact) mass is 328 g/mol. The molecule has 0 bridgehead atoms. The van der Waals surface area contributed by atoms with Gasteiger partial charge in [0.15, 0.2) is 6.10 Å². The van der Waals surface area contributed by atoms with Gasteiger partial charge in [-0.2, -0.15) is 0 Å². The minimum Gasteiger partial charge on any atom is -0.449 e. The Balaban J connectivity index is 2.30. The van der Waals surface area contributed by atoms with E-state index >= 15 is 0 Å². The zero-order valence-electron chi connectivity index (χ0n) is 14.6. The highest BCUT2D eigenvalue weighted by molar-refractivity contribution is 6.04. The highest BCUT2D eigenvalue weighted by Gasteiger charge is 2.21. The Morgan fingerprint density at radius 1 is 1.21 bits per heavy atom. The average Bonchev–Trinajstić information content (AvgIpc) is 2.58. The van der Waals surface area contributed by atoms with E-state index in [2.05, 4.69) is 10.3 Å². The molecule has 0 spiro atoms. The topological polar surface area (TPSA) is 68.3 Å². The van der Waals surface area contributed by atoms with Crippen LogP contribution in [0.1, 0.15) is 56.1 Å².